The molecule has 2 heterocycles. The van der Waals surface area contributed by atoms with Crippen LogP contribution in [-0.2, 0) is 0 Å². The SMILES string of the molecule is C[C@H](Nc1nc(N)nc(N)c1C(N)=O)c1nc2cccc(Cl)c2c(=O)n1-c1cccc(C(F)F)c1. The average Bonchev–Trinajstić information content (AvgIpc) is 2.78. The van der Waals surface area contributed by atoms with Gasteiger partial charge in [-0.15, -0.1) is 0 Å². The molecule has 0 saturated carbocycles. The minimum absolute atomic E-state index is 0.0803. The quantitative estimate of drug-likeness (QED) is 0.313. The highest BCUT2D eigenvalue weighted by Gasteiger charge is 2.23. The van der Waals surface area contributed by atoms with Gasteiger partial charge in [0.1, 0.15) is 23.0 Å². The first-order valence-electron chi connectivity index (χ1n) is 10.2. The summed E-state index contributed by atoms with van der Waals surface area (Å²) in [7, 11) is 0. The van der Waals surface area contributed by atoms with Crippen LogP contribution >= 0.6 is 11.6 Å². The molecule has 7 N–H and O–H groups in total. The van der Waals surface area contributed by atoms with E-state index in [2.05, 4.69) is 20.3 Å². The summed E-state index contributed by atoms with van der Waals surface area (Å²) < 4.78 is 28.0. The number of primary amides is 1. The van der Waals surface area contributed by atoms with Crippen molar-refractivity contribution in [3.63, 3.8) is 0 Å². The van der Waals surface area contributed by atoms with E-state index in [0.29, 0.717) is 0 Å². The number of hydrogen-bond donors (Lipinski definition) is 4. The zero-order valence-electron chi connectivity index (χ0n) is 18.2. The molecule has 4 rings (SSSR count). The van der Waals surface area contributed by atoms with Crippen molar-refractivity contribution in [2.75, 3.05) is 16.8 Å². The molecule has 0 aliphatic rings. The molecule has 0 bridgehead atoms. The summed E-state index contributed by atoms with van der Waals surface area (Å²) in [6.45, 7) is 1.62. The number of amides is 1. The number of anilines is 3. The van der Waals surface area contributed by atoms with Gasteiger partial charge in [0.2, 0.25) is 5.95 Å². The maximum atomic E-state index is 13.6. The number of nitrogens with two attached hydrogens (primary N) is 3. The molecule has 0 aliphatic heterocycles. The first-order chi connectivity index (χ1) is 16.6. The van der Waals surface area contributed by atoms with E-state index in [1.165, 1.54) is 30.3 Å². The fourth-order valence-corrected chi connectivity index (χ4v) is 3.91. The van der Waals surface area contributed by atoms with E-state index in [-0.39, 0.29) is 56.1 Å². The third kappa shape index (κ3) is 4.43. The van der Waals surface area contributed by atoms with Crippen LogP contribution in [0.3, 0.4) is 0 Å². The lowest BCUT2D eigenvalue weighted by atomic mass is 10.1. The fourth-order valence-electron chi connectivity index (χ4n) is 3.66. The Morgan fingerprint density at radius 3 is 2.51 bits per heavy atom. The molecular weight excluding hydrogens is 482 g/mol. The number of carbonyl (C=O) groups excluding carboxylic acids is 1. The molecular formula is C22H19ClF2N8O2. The van der Waals surface area contributed by atoms with Crippen LogP contribution in [0.15, 0.2) is 47.3 Å². The van der Waals surface area contributed by atoms with Gasteiger partial charge in [0.15, 0.2) is 0 Å². The predicted molar refractivity (Wildman–Crippen MR) is 129 cm³/mol. The number of nitrogens with zero attached hydrogens (tertiary/aromatic N) is 4. The number of aromatic nitrogens is 4. The molecule has 0 fully saturated rings. The lowest BCUT2D eigenvalue weighted by Gasteiger charge is -2.21. The average molecular weight is 501 g/mol. The Morgan fingerprint density at radius 1 is 1.11 bits per heavy atom. The fraction of sp³-hybridized carbons (Fsp3) is 0.136. The van der Waals surface area contributed by atoms with Crippen LogP contribution in [0.4, 0.5) is 26.4 Å². The molecule has 1 amide bonds. The molecule has 10 nitrogen and oxygen atoms in total. The number of hydrogen-bond acceptors (Lipinski definition) is 8. The summed E-state index contributed by atoms with van der Waals surface area (Å²) in [6.07, 6.45) is -2.76. The van der Waals surface area contributed by atoms with Gasteiger partial charge in [-0.05, 0) is 31.2 Å². The topological polar surface area (TPSA) is 168 Å². The van der Waals surface area contributed by atoms with Crippen molar-refractivity contribution in [1.29, 1.82) is 0 Å². The monoisotopic (exact) mass is 500 g/mol. The van der Waals surface area contributed by atoms with Gasteiger partial charge in [-0.1, -0.05) is 29.8 Å². The van der Waals surface area contributed by atoms with Gasteiger partial charge in [-0.25, -0.2) is 13.8 Å². The van der Waals surface area contributed by atoms with E-state index >= 15 is 0 Å². The molecule has 4 aromatic rings. The summed E-state index contributed by atoms with van der Waals surface area (Å²) in [4.78, 5) is 37.8. The van der Waals surface area contributed by atoms with Gasteiger partial charge in [-0.2, -0.15) is 9.97 Å². The molecule has 0 spiro atoms. The third-order valence-corrected chi connectivity index (χ3v) is 5.51. The number of carbonyl (C=O) groups is 1. The molecule has 1 atom stereocenters. The highest BCUT2D eigenvalue weighted by Crippen LogP contribution is 2.28. The minimum atomic E-state index is -2.76. The van der Waals surface area contributed by atoms with Crippen LogP contribution in [0.2, 0.25) is 5.02 Å². The van der Waals surface area contributed by atoms with Crippen molar-refractivity contribution >= 4 is 46.0 Å². The van der Waals surface area contributed by atoms with E-state index in [4.69, 9.17) is 28.8 Å². The second kappa shape index (κ2) is 9.14. The maximum Gasteiger partial charge on any atom is 0.267 e. The Labute approximate surface area is 201 Å². The number of nitrogens with one attached hydrogen (secondary N) is 1. The van der Waals surface area contributed by atoms with Crippen LogP contribution in [0.1, 0.15) is 41.1 Å². The smallest absolute Gasteiger partial charge is 0.267 e. The van der Waals surface area contributed by atoms with Crippen molar-refractivity contribution < 1.29 is 13.6 Å². The Morgan fingerprint density at radius 2 is 1.83 bits per heavy atom. The van der Waals surface area contributed by atoms with Crippen LogP contribution in [0.25, 0.3) is 16.6 Å². The largest absolute Gasteiger partial charge is 0.383 e. The van der Waals surface area contributed by atoms with E-state index in [1.54, 1.807) is 19.1 Å². The first kappa shape index (κ1) is 23.8. The van der Waals surface area contributed by atoms with Crippen LogP contribution < -0.4 is 28.1 Å². The second-order valence-electron chi connectivity index (χ2n) is 7.56. The standard InChI is InChI=1S/C22H19ClF2N8O2/c1-9(29-19-15(18(27)34)17(26)31-22(28)32-19)20-30-13-7-3-6-12(23)14(13)21(35)33(20)11-5-2-4-10(8-11)16(24)25/h2-9,16H,1H3,(H2,27,34)(H5,26,28,29,31,32)/t9-/m0/s1. The number of rotatable bonds is 6. The third-order valence-electron chi connectivity index (χ3n) is 5.19. The van der Waals surface area contributed by atoms with Crippen molar-refractivity contribution in [3.05, 3.63) is 74.8 Å². The van der Waals surface area contributed by atoms with Crippen LogP contribution in [0.5, 0.6) is 0 Å². The molecule has 13 heteroatoms. The Bertz CT molecular complexity index is 1530. The number of fused-ring (bicyclic) bond motifs is 1. The Balaban J connectivity index is 1.96. The van der Waals surface area contributed by atoms with E-state index in [1.807, 2.05) is 0 Å². The summed E-state index contributed by atoms with van der Waals surface area (Å²) in [5.41, 5.74) is 16.2. The zero-order chi connectivity index (χ0) is 25.4. The van der Waals surface area contributed by atoms with Crippen LogP contribution in [-0.4, -0.2) is 25.4 Å². The predicted octanol–water partition coefficient (Wildman–Crippen LogP) is 3.20. The van der Waals surface area contributed by atoms with Crippen molar-refractivity contribution in [2.24, 2.45) is 5.73 Å². The summed E-state index contributed by atoms with van der Waals surface area (Å²) >= 11 is 6.27. The van der Waals surface area contributed by atoms with Crippen LogP contribution in [0, 0.1) is 0 Å². The van der Waals surface area contributed by atoms with Crippen molar-refractivity contribution in [2.45, 2.75) is 19.4 Å². The summed E-state index contributed by atoms with van der Waals surface area (Å²) in [6, 6.07) is 9.23. The molecule has 0 aliphatic carbocycles. The van der Waals surface area contributed by atoms with Gasteiger partial charge >= 0.3 is 0 Å². The molecule has 0 saturated heterocycles. The molecule has 0 unspecified atom stereocenters. The normalized spacial score (nSPS) is 12.1. The summed E-state index contributed by atoms with van der Waals surface area (Å²) in [5, 5.41) is 3.19. The van der Waals surface area contributed by atoms with E-state index < -0.39 is 23.9 Å². The first-order valence-corrected chi connectivity index (χ1v) is 10.5. The van der Waals surface area contributed by atoms with Gasteiger partial charge in [0.25, 0.3) is 17.9 Å². The zero-order valence-corrected chi connectivity index (χ0v) is 18.9. The number of alkyl halides is 2. The minimum Gasteiger partial charge on any atom is -0.383 e. The lowest BCUT2D eigenvalue weighted by molar-refractivity contribution is 0.100. The van der Waals surface area contributed by atoms with Crippen molar-refractivity contribution in [3.8, 4) is 5.69 Å². The lowest BCUT2D eigenvalue weighted by Crippen LogP contribution is -2.28. The molecule has 0 radical (unpaired) electrons. The molecule has 2 aromatic heterocycles. The molecule has 35 heavy (non-hydrogen) atoms. The van der Waals surface area contributed by atoms with Gasteiger partial charge in [0.05, 0.1) is 27.7 Å². The number of benzene rings is 2. The maximum absolute atomic E-state index is 13.6. The molecule has 2 aromatic carbocycles. The number of halogens is 3. The van der Waals surface area contributed by atoms with Gasteiger partial charge < -0.3 is 22.5 Å². The molecule has 180 valence electrons. The summed E-state index contributed by atoms with van der Waals surface area (Å²) in [5.74, 6) is -1.33. The Hall–Kier alpha value is -4.32. The Kier molecular flexibility index (Phi) is 6.22. The van der Waals surface area contributed by atoms with Gasteiger partial charge in [-0.3, -0.25) is 14.2 Å². The van der Waals surface area contributed by atoms with Crippen molar-refractivity contribution in [1.82, 2.24) is 19.5 Å². The van der Waals surface area contributed by atoms with Gasteiger partial charge in [0, 0.05) is 5.56 Å². The highest BCUT2D eigenvalue weighted by atomic mass is 35.5. The van der Waals surface area contributed by atoms with E-state index in [0.717, 1.165) is 4.57 Å². The second-order valence-corrected chi connectivity index (χ2v) is 7.97. The van der Waals surface area contributed by atoms with E-state index in [9.17, 15) is 18.4 Å². The number of nitrogen functional groups attached to an aromatic ring is 2. The highest BCUT2D eigenvalue weighted by molar-refractivity contribution is 6.35.